The van der Waals surface area contributed by atoms with E-state index in [1.165, 1.54) is 17.3 Å². The first-order valence-electron chi connectivity index (χ1n) is 8.01. The van der Waals surface area contributed by atoms with Crippen LogP contribution in [-0.2, 0) is 12.8 Å². The van der Waals surface area contributed by atoms with Crippen molar-refractivity contribution in [2.45, 2.75) is 19.3 Å². The Kier molecular flexibility index (Phi) is 7.47. The van der Waals surface area contributed by atoms with Gasteiger partial charge in [-0.3, -0.25) is 4.99 Å². The van der Waals surface area contributed by atoms with Crippen LogP contribution in [-0.4, -0.2) is 19.4 Å². The van der Waals surface area contributed by atoms with Gasteiger partial charge in [-0.15, -0.1) is 0 Å². The molecule has 0 unspecified atom stereocenters. The normalized spacial score (nSPS) is 11.3. The van der Waals surface area contributed by atoms with E-state index in [4.69, 9.17) is 10.5 Å². The molecule has 0 spiro atoms. The molecule has 2 rings (SSSR count). The average molecular weight is 308 g/mol. The van der Waals surface area contributed by atoms with Crippen molar-refractivity contribution in [3.05, 3.63) is 78.0 Å². The molecule has 2 aromatic rings. The van der Waals surface area contributed by atoms with Crippen LogP contribution in [0.4, 0.5) is 0 Å². The maximum Gasteiger partial charge on any atom is 0.119 e. The Morgan fingerprint density at radius 3 is 2.39 bits per heavy atom. The monoisotopic (exact) mass is 308 g/mol. The quantitative estimate of drug-likeness (QED) is 0.566. The fraction of sp³-hybridized carbons (Fsp3) is 0.250. The summed E-state index contributed by atoms with van der Waals surface area (Å²) in [7, 11) is 0. The van der Waals surface area contributed by atoms with Gasteiger partial charge in [-0.1, -0.05) is 42.5 Å². The lowest BCUT2D eigenvalue weighted by Gasteiger charge is -2.07. The van der Waals surface area contributed by atoms with E-state index in [0.29, 0.717) is 0 Å². The van der Waals surface area contributed by atoms with Crippen LogP contribution in [0.2, 0.25) is 0 Å². The zero-order valence-corrected chi connectivity index (χ0v) is 13.4. The minimum atomic E-state index is 0.740. The predicted molar refractivity (Wildman–Crippen MR) is 97.1 cm³/mol. The van der Waals surface area contributed by atoms with Gasteiger partial charge >= 0.3 is 0 Å². The van der Waals surface area contributed by atoms with E-state index >= 15 is 0 Å². The highest BCUT2D eigenvalue weighted by Crippen LogP contribution is 2.13. The second kappa shape index (κ2) is 10.2. The molecule has 0 aliphatic heterocycles. The molecule has 0 fully saturated rings. The fourth-order valence-electron chi connectivity index (χ4n) is 2.24. The van der Waals surface area contributed by atoms with E-state index in [1.54, 1.807) is 12.3 Å². The molecule has 0 radical (unpaired) electrons. The summed E-state index contributed by atoms with van der Waals surface area (Å²) in [5.74, 6) is 0.927. The van der Waals surface area contributed by atoms with Crippen LogP contribution in [0.3, 0.4) is 0 Å². The molecule has 0 amide bonds. The Morgan fingerprint density at radius 1 is 0.913 bits per heavy atom. The molecule has 2 aromatic carbocycles. The van der Waals surface area contributed by atoms with Crippen molar-refractivity contribution >= 4 is 6.21 Å². The number of aryl methyl sites for hydroxylation is 1. The number of nitrogens with zero attached hydrogens (tertiary/aromatic N) is 1. The molecule has 0 atom stereocenters. The van der Waals surface area contributed by atoms with Crippen molar-refractivity contribution in [2.75, 3.05) is 13.2 Å². The van der Waals surface area contributed by atoms with Gasteiger partial charge in [-0.2, -0.15) is 0 Å². The van der Waals surface area contributed by atoms with Gasteiger partial charge in [-0.25, -0.2) is 0 Å². The molecule has 0 aliphatic carbocycles. The number of ether oxygens (including phenoxy) is 1. The second-order valence-corrected chi connectivity index (χ2v) is 5.27. The third-order valence-electron chi connectivity index (χ3n) is 3.48. The first-order valence-corrected chi connectivity index (χ1v) is 8.01. The molecular formula is C20H24N2O. The molecule has 0 saturated heterocycles. The fourth-order valence-corrected chi connectivity index (χ4v) is 2.24. The maximum absolute atomic E-state index is 5.79. The number of benzene rings is 2. The SMILES string of the molecule is NC=CC=NCCc1ccc(OCCCc2ccccc2)cc1. The number of hydrogen-bond donors (Lipinski definition) is 1. The lowest BCUT2D eigenvalue weighted by Crippen LogP contribution is -1.99. The first-order chi connectivity index (χ1) is 11.4. The molecule has 23 heavy (non-hydrogen) atoms. The van der Waals surface area contributed by atoms with Crippen LogP contribution >= 0.6 is 0 Å². The highest BCUT2D eigenvalue weighted by Gasteiger charge is 1.97. The van der Waals surface area contributed by atoms with Crippen LogP contribution in [0.15, 0.2) is 71.9 Å². The number of aliphatic imine (C=N–C) groups is 1. The third kappa shape index (κ3) is 6.83. The highest BCUT2D eigenvalue weighted by molar-refractivity contribution is 5.70. The minimum absolute atomic E-state index is 0.740. The summed E-state index contributed by atoms with van der Waals surface area (Å²) in [6.07, 6.45) is 7.93. The Hall–Kier alpha value is -2.55. The van der Waals surface area contributed by atoms with E-state index in [0.717, 1.165) is 38.2 Å². The van der Waals surface area contributed by atoms with E-state index in [9.17, 15) is 0 Å². The van der Waals surface area contributed by atoms with E-state index in [2.05, 4.69) is 41.4 Å². The summed E-state index contributed by atoms with van der Waals surface area (Å²) in [5.41, 5.74) is 7.85. The van der Waals surface area contributed by atoms with Gasteiger partial charge in [-0.05, 0) is 54.8 Å². The molecular weight excluding hydrogens is 284 g/mol. The Labute approximate surface area is 138 Å². The summed E-state index contributed by atoms with van der Waals surface area (Å²) < 4.78 is 5.79. The minimum Gasteiger partial charge on any atom is -0.494 e. The van der Waals surface area contributed by atoms with Gasteiger partial charge in [0.1, 0.15) is 5.75 Å². The van der Waals surface area contributed by atoms with Crippen LogP contribution < -0.4 is 10.5 Å². The van der Waals surface area contributed by atoms with Crippen molar-refractivity contribution < 1.29 is 4.74 Å². The van der Waals surface area contributed by atoms with Crippen LogP contribution in [0.1, 0.15) is 17.5 Å². The second-order valence-electron chi connectivity index (χ2n) is 5.27. The largest absolute Gasteiger partial charge is 0.494 e. The Balaban J connectivity index is 1.66. The van der Waals surface area contributed by atoms with Crippen molar-refractivity contribution in [3.63, 3.8) is 0 Å². The first kappa shape index (κ1) is 16.8. The van der Waals surface area contributed by atoms with Crippen molar-refractivity contribution in [1.29, 1.82) is 0 Å². The zero-order valence-electron chi connectivity index (χ0n) is 13.4. The molecule has 2 N–H and O–H groups in total. The average Bonchev–Trinajstić information content (AvgIpc) is 2.61. The lowest BCUT2D eigenvalue weighted by atomic mass is 10.1. The molecule has 120 valence electrons. The number of rotatable bonds is 9. The van der Waals surface area contributed by atoms with Gasteiger partial charge in [0, 0.05) is 12.8 Å². The standard InChI is InChI=1S/C20H24N2O/c21-14-5-15-22-16-13-19-9-11-20(12-10-19)23-17-4-8-18-6-2-1-3-7-18/h1-3,5-7,9-12,14-15H,4,8,13,16-17,21H2. The molecule has 0 heterocycles. The van der Waals surface area contributed by atoms with Gasteiger partial charge in [0.25, 0.3) is 0 Å². The topological polar surface area (TPSA) is 47.6 Å². The van der Waals surface area contributed by atoms with Crippen LogP contribution in [0.25, 0.3) is 0 Å². The van der Waals surface area contributed by atoms with Crippen molar-refractivity contribution in [2.24, 2.45) is 10.7 Å². The Morgan fingerprint density at radius 2 is 1.65 bits per heavy atom. The maximum atomic E-state index is 5.79. The molecule has 3 heteroatoms. The summed E-state index contributed by atoms with van der Waals surface area (Å²) in [4.78, 5) is 4.25. The van der Waals surface area contributed by atoms with Gasteiger partial charge < -0.3 is 10.5 Å². The number of nitrogens with two attached hydrogens (primary N) is 1. The molecule has 0 saturated carbocycles. The van der Waals surface area contributed by atoms with E-state index < -0.39 is 0 Å². The number of hydrogen-bond acceptors (Lipinski definition) is 3. The smallest absolute Gasteiger partial charge is 0.119 e. The van der Waals surface area contributed by atoms with Crippen LogP contribution in [0.5, 0.6) is 5.75 Å². The Bertz CT molecular complexity index is 603. The molecule has 0 bridgehead atoms. The summed E-state index contributed by atoms with van der Waals surface area (Å²) in [5, 5.41) is 0. The number of allylic oxidation sites excluding steroid dienone is 1. The summed E-state index contributed by atoms with van der Waals surface area (Å²) in [6.45, 7) is 1.51. The van der Waals surface area contributed by atoms with Gasteiger partial charge in [0.2, 0.25) is 0 Å². The zero-order chi connectivity index (χ0) is 16.2. The van der Waals surface area contributed by atoms with E-state index in [1.807, 2.05) is 18.2 Å². The predicted octanol–water partition coefficient (Wildman–Crippen LogP) is 3.78. The summed E-state index contributed by atoms with van der Waals surface area (Å²) >= 11 is 0. The highest BCUT2D eigenvalue weighted by atomic mass is 16.5. The third-order valence-corrected chi connectivity index (χ3v) is 3.48. The lowest BCUT2D eigenvalue weighted by molar-refractivity contribution is 0.311. The van der Waals surface area contributed by atoms with Crippen molar-refractivity contribution in [3.8, 4) is 5.75 Å². The van der Waals surface area contributed by atoms with Gasteiger partial charge in [0.05, 0.1) is 6.61 Å². The molecule has 0 aliphatic rings. The van der Waals surface area contributed by atoms with E-state index in [-0.39, 0.29) is 0 Å². The van der Waals surface area contributed by atoms with Crippen LogP contribution in [0, 0.1) is 0 Å². The molecule has 0 aromatic heterocycles. The summed E-state index contributed by atoms with van der Waals surface area (Å²) in [6, 6.07) is 18.8. The van der Waals surface area contributed by atoms with Gasteiger partial charge in [0.15, 0.2) is 0 Å². The molecule has 3 nitrogen and oxygen atoms in total. The van der Waals surface area contributed by atoms with Crippen molar-refractivity contribution in [1.82, 2.24) is 0 Å².